The van der Waals surface area contributed by atoms with Crippen LogP contribution in [0.3, 0.4) is 0 Å². The fourth-order valence-corrected chi connectivity index (χ4v) is 2.03. The average Bonchev–Trinajstić information content (AvgIpc) is 2.42. The minimum atomic E-state index is -0.455. The molecule has 0 fully saturated rings. The molecule has 2 aromatic carbocycles. The highest BCUT2D eigenvalue weighted by Crippen LogP contribution is 2.20. The van der Waals surface area contributed by atoms with E-state index in [-0.39, 0.29) is 17.9 Å². The van der Waals surface area contributed by atoms with Crippen LogP contribution in [0, 0.1) is 24.0 Å². The van der Waals surface area contributed by atoms with Gasteiger partial charge in [-0.05, 0) is 31.0 Å². The number of ketones is 1. The molecular formula is C16H15NO3. The molecule has 0 N–H and O–H groups in total. The Bertz CT molecular complexity index is 677. The van der Waals surface area contributed by atoms with E-state index < -0.39 is 4.92 Å². The molecule has 0 aromatic heterocycles. The quantitative estimate of drug-likeness (QED) is 0.483. The highest BCUT2D eigenvalue weighted by atomic mass is 16.6. The number of nitro benzene ring substituents is 1. The molecule has 4 nitrogen and oxygen atoms in total. The molecule has 0 atom stereocenters. The maximum Gasteiger partial charge on any atom is 0.273 e. The summed E-state index contributed by atoms with van der Waals surface area (Å²) in [6.07, 6.45) is 0.0413. The van der Waals surface area contributed by atoms with Crippen LogP contribution in [-0.4, -0.2) is 10.7 Å². The number of carbonyl (C=O) groups excluding carboxylic acids is 1. The topological polar surface area (TPSA) is 60.2 Å². The Kier molecular flexibility index (Phi) is 3.94. The average molecular weight is 269 g/mol. The third kappa shape index (κ3) is 2.91. The van der Waals surface area contributed by atoms with Crippen LogP contribution < -0.4 is 0 Å². The van der Waals surface area contributed by atoms with Gasteiger partial charge in [0.2, 0.25) is 0 Å². The summed E-state index contributed by atoms with van der Waals surface area (Å²) in [6, 6.07) is 11.8. The monoisotopic (exact) mass is 269 g/mol. The number of benzene rings is 2. The van der Waals surface area contributed by atoms with E-state index in [1.165, 1.54) is 6.07 Å². The maximum absolute atomic E-state index is 12.2. The van der Waals surface area contributed by atoms with Crippen molar-refractivity contribution in [3.8, 4) is 0 Å². The highest BCUT2D eigenvalue weighted by molar-refractivity contribution is 5.98. The van der Waals surface area contributed by atoms with Gasteiger partial charge in [-0.25, -0.2) is 0 Å². The van der Waals surface area contributed by atoms with E-state index in [0.717, 1.165) is 11.1 Å². The van der Waals surface area contributed by atoms with Gasteiger partial charge in [0.15, 0.2) is 5.78 Å². The molecule has 0 aliphatic heterocycles. The number of aryl methyl sites for hydroxylation is 2. The number of hydrogen-bond donors (Lipinski definition) is 0. The van der Waals surface area contributed by atoms with Crippen LogP contribution in [0.5, 0.6) is 0 Å². The SMILES string of the molecule is Cc1ccc(C(=O)Cc2ccccc2[N+](=O)[O-])cc1C. The molecule has 0 spiro atoms. The van der Waals surface area contributed by atoms with Crippen LogP contribution in [0.15, 0.2) is 42.5 Å². The Morgan fingerprint density at radius 3 is 2.45 bits per heavy atom. The Morgan fingerprint density at radius 2 is 1.80 bits per heavy atom. The molecule has 0 aliphatic carbocycles. The predicted octanol–water partition coefficient (Wildman–Crippen LogP) is 3.64. The standard InChI is InChI=1S/C16H15NO3/c1-11-7-8-14(9-12(11)2)16(18)10-13-5-3-4-6-15(13)17(19)20/h3-9H,10H2,1-2H3. The van der Waals surface area contributed by atoms with Gasteiger partial charge >= 0.3 is 0 Å². The Morgan fingerprint density at radius 1 is 1.10 bits per heavy atom. The van der Waals surface area contributed by atoms with Gasteiger partial charge in [0.25, 0.3) is 5.69 Å². The molecule has 0 aliphatic rings. The van der Waals surface area contributed by atoms with Gasteiger partial charge in [-0.15, -0.1) is 0 Å². The summed E-state index contributed by atoms with van der Waals surface area (Å²) in [7, 11) is 0. The van der Waals surface area contributed by atoms with E-state index >= 15 is 0 Å². The number of hydrogen-bond acceptors (Lipinski definition) is 3. The van der Waals surface area contributed by atoms with Gasteiger partial charge < -0.3 is 0 Å². The van der Waals surface area contributed by atoms with E-state index in [4.69, 9.17) is 0 Å². The molecule has 0 heterocycles. The third-order valence-electron chi connectivity index (χ3n) is 3.37. The van der Waals surface area contributed by atoms with E-state index in [9.17, 15) is 14.9 Å². The smallest absolute Gasteiger partial charge is 0.273 e. The van der Waals surface area contributed by atoms with Crippen molar-refractivity contribution in [2.24, 2.45) is 0 Å². The second-order valence-corrected chi connectivity index (χ2v) is 4.78. The Hall–Kier alpha value is -2.49. The molecule has 0 radical (unpaired) electrons. The first kappa shape index (κ1) is 13.9. The normalized spacial score (nSPS) is 10.3. The summed E-state index contributed by atoms with van der Waals surface area (Å²) >= 11 is 0. The Balaban J connectivity index is 2.28. The van der Waals surface area contributed by atoms with Crippen LogP contribution in [0.25, 0.3) is 0 Å². The minimum Gasteiger partial charge on any atom is -0.294 e. The molecule has 2 aromatic rings. The number of nitro groups is 1. The molecule has 2 rings (SSSR count). The van der Waals surface area contributed by atoms with Crippen molar-refractivity contribution in [3.63, 3.8) is 0 Å². The molecule has 20 heavy (non-hydrogen) atoms. The first-order valence-corrected chi connectivity index (χ1v) is 6.32. The lowest BCUT2D eigenvalue weighted by molar-refractivity contribution is -0.385. The van der Waals surface area contributed by atoms with Crippen molar-refractivity contribution in [2.75, 3.05) is 0 Å². The number of nitrogens with zero attached hydrogens (tertiary/aromatic N) is 1. The van der Waals surface area contributed by atoms with Crippen molar-refractivity contribution < 1.29 is 9.72 Å². The lowest BCUT2D eigenvalue weighted by atomic mass is 9.98. The van der Waals surface area contributed by atoms with Crippen LogP contribution >= 0.6 is 0 Å². The summed E-state index contributed by atoms with van der Waals surface area (Å²) in [6.45, 7) is 3.92. The fraction of sp³-hybridized carbons (Fsp3) is 0.188. The molecule has 0 bridgehead atoms. The summed E-state index contributed by atoms with van der Waals surface area (Å²) in [4.78, 5) is 22.7. The first-order chi connectivity index (χ1) is 9.49. The Labute approximate surface area is 117 Å². The van der Waals surface area contributed by atoms with Crippen LogP contribution in [0.4, 0.5) is 5.69 Å². The summed E-state index contributed by atoms with van der Waals surface area (Å²) in [5.41, 5.74) is 3.18. The highest BCUT2D eigenvalue weighted by Gasteiger charge is 2.16. The predicted molar refractivity (Wildman–Crippen MR) is 77.0 cm³/mol. The lowest BCUT2D eigenvalue weighted by Gasteiger charge is -2.05. The van der Waals surface area contributed by atoms with E-state index in [2.05, 4.69) is 0 Å². The number of Topliss-reactive ketones (excluding diaryl/α,β-unsaturated/α-hetero) is 1. The molecular weight excluding hydrogens is 254 g/mol. The number of para-hydroxylation sites is 1. The van der Waals surface area contributed by atoms with Crippen LogP contribution in [-0.2, 0) is 6.42 Å². The van der Waals surface area contributed by atoms with Crippen LogP contribution in [0.1, 0.15) is 27.0 Å². The molecule has 0 amide bonds. The van der Waals surface area contributed by atoms with Crippen molar-refractivity contribution in [3.05, 3.63) is 74.8 Å². The zero-order valence-electron chi connectivity index (χ0n) is 11.4. The summed E-state index contributed by atoms with van der Waals surface area (Å²) in [5.74, 6) is -0.109. The van der Waals surface area contributed by atoms with Gasteiger partial charge in [0.1, 0.15) is 0 Å². The number of rotatable bonds is 4. The maximum atomic E-state index is 12.2. The fourth-order valence-electron chi connectivity index (χ4n) is 2.03. The van der Waals surface area contributed by atoms with Gasteiger partial charge in [-0.1, -0.05) is 30.3 Å². The van der Waals surface area contributed by atoms with E-state index in [1.54, 1.807) is 24.3 Å². The van der Waals surface area contributed by atoms with Crippen molar-refractivity contribution in [1.29, 1.82) is 0 Å². The third-order valence-corrected chi connectivity index (χ3v) is 3.37. The zero-order chi connectivity index (χ0) is 14.7. The van der Waals surface area contributed by atoms with Gasteiger partial charge in [0.05, 0.1) is 4.92 Å². The van der Waals surface area contributed by atoms with Crippen LogP contribution in [0.2, 0.25) is 0 Å². The molecule has 4 heteroatoms. The van der Waals surface area contributed by atoms with Gasteiger partial charge in [-0.3, -0.25) is 14.9 Å². The van der Waals surface area contributed by atoms with Crippen molar-refractivity contribution >= 4 is 11.5 Å². The first-order valence-electron chi connectivity index (χ1n) is 6.32. The molecule has 102 valence electrons. The second kappa shape index (κ2) is 5.65. The van der Waals surface area contributed by atoms with Gasteiger partial charge in [0, 0.05) is 23.6 Å². The zero-order valence-corrected chi connectivity index (χ0v) is 11.4. The van der Waals surface area contributed by atoms with Crippen molar-refractivity contribution in [2.45, 2.75) is 20.3 Å². The minimum absolute atomic E-state index is 0.00955. The molecule has 0 unspecified atom stereocenters. The van der Waals surface area contributed by atoms with E-state index in [0.29, 0.717) is 11.1 Å². The van der Waals surface area contributed by atoms with E-state index in [1.807, 2.05) is 26.0 Å². The second-order valence-electron chi connectivity index (χ2n) is 4.78. The number of carbonyl (C=O) groups is 1. The molecule has 0 saturated heterocycles. The van der Waals surface area contributed by atoms with Gasteiger partial charge in [-0.2, -0.15) is 0 Å². The lowest BCUT2D eigenvalue weighted by Crippen LogP contribution is -2.06. The summed E-state index contributed by atoms with van der Waals surface area (Å²) in [5, 5.41) is 10.9. The van der Waals surface area contributed by atoms with Crippen molar-refractivity contribution in [1.82, 2.24) is 0 Å². The largest absolute Gasteiger partial charge is 0.294 e. The molecule has 0 saturated carbocycles. The summed E-state index contributed by atoms with van der Waals surface area (Å²) < 4.78 is 0.